The van der Waals surface area contributed by atoms with Gasteiger partial charge in [-0.25, -0.2) is 4.79 Å². The predicted octanol–water partition coefficient (Wildman–Crippen LogP) is 3.56. The Morgan fingerprint density at radius 2 is 2.00 bits per heavy atom. The van der Waals surface area contributed by atoms with Crippen molar-refractivity contribution >= 4 is 29.2 Å². The first-order valence-electron chi connectivity index (χ1n) is 8.79. The van der Waals surface area contributed by atoms with E-state index in [9.17, 15) is 9.59 Å². The van der Waals surface area contributed by atoms with Gasteiger partial charge in [0.2, 0.25) is 5.91 Å². The van der Waals surface area contributed by atoms with Crippen LogP contribution >= 0.6 is 11.6 Å². The van der Waals surface area contributed by atoms with Gasteiger partial charge in [-0.05, 0) is 30.7 Å². The molecule has 8 nitrogen and oxygen atoms in total. The maximum absolute atomic E-state index is 12.6. The van der Waals surface area contributed by atoms with Crippen LogP contribution in [-0.2, 0) is 16.6 Å². The molecule has 0 radical (unpaired) electrons. The number of esters is 1. The number of rotatable bonds is 6. The van der Waals surface area contributed by atoms with Crippen molar-refractivity contribution < 1.29 is 14.3 Å². The number of nitrogens with one attached hydrogen (secondary N) is 1. The van der Waals surface area contributed by atoms with Gasteiger partial charge >= 0.3 is 5.97 Å². The largest absolute Gasteiger partial charge is 0.461 e. The number of ether oxygens (including phenoxy) is 1. The number of benzene rings is 1. The first kappa shape index (κ1) is 20.2. The van der Waals surface area contributed by atoms with Gasteiger partial charge in [0.05, 0.1) is 24.6 Å². The zero-order valence-electron chi connectivity index (χ0n) is 15.8. The fourth-order valence-electron chi connectivity index (χ4n) is 2.87. The van der Waals surface area contributed by atoms with Crippen molar-refractivity contribution in [3.05, 3.63) is 53.6 Å². The number of aryl methyl sites for hydroxylation is 1. The summed E-state index contributed by atoms with van der Waals surface area (Å²) < 4.78 is 8.34. The Hall–Kier alpha value is -3.57. The molecule has 3 rings (SSSR count). The van der Waals surface area contributed by atoms with Crippen molar-refractivity contribution in [2.45, 2.75) is 13.3 Å². The maximum Gasteiger partial charge on any atom is 0.357 e. The third-order valence-electron chi connectivity index (χ3n) is 4.10. The third-order valence-corrected chi connectivity index (χ3v) is 4.38. The maximum atomic E-state index is 12.6. The Bertz CT molecular complexity index is 1090. The van der Waals surface area contributed by atoms with Gasteiger partial charge in [0.1, 0.15) is 11.6 Å². The zero-order valence-corrected chi connectivity index (χ0v) is 16.6. The number of nitriles is 1. The number of aromatic nitrogens is 3. The molecule has 29 heavy (non-hydrogen) atoms. The normalized spacial score (nSPS) is 10.4. The summed E-state index contributed by atoms with van der Waals surface area (Å²) in [5, 5.41) is 15.6. The van der Waals surface area contributed by atoms with Crippen LogP contribution in [0.4, 0.5) is 5.69 Å². The van der Waals surface area contributed by atoms with Crippen LogP contribution in [-0.4, -0.2) is 32.8 Å². The minimum Gasteiger partial charge on any atom is -0.461 e. The molecular weight excluding hydrogens is 394 g/mol. The van der Waals surface area contributed by atoms with Crippen LogP contribution in [0.5, 0.6) is 0 Å². The lowest BCUT2D eigenvalue weighted by molar-refractivity contribution is -0.115. The van der Waals surface area contributed by atoms with Gasteiger partial charge in [-0.15, -0.1) is 0 Å². The van der Waals surface area contributed by atoms with Gasteiger partial charge in [-0.2, -0.15) is 10.4 Å². The van der Waals surface area contributed by atoms with Crippen LogP contribution in [0.25, 0.3) is 16.8 Å². The summed E-state index contributed by atoms with van der Waals surface area (Å²) in [6.07, 6.45) is 3.31. The molecule has 0 atom stereocenters. The average molecular weight is 412 g/mol. The Labute approximate surface area is 172 Å². The van der Waals surface area contributed by atoms with Gasteiger partial charge in [0.25, 0.3) is 0 Å². The molecule has 2 aromatic heterocycles. The summed E-state index contributed by atoms with van der Waals surface area (Å²) in [4.78, 5) is 24.4. The monoisotopic (exact) mass is 411 g/mol. The summed E-state index contributed by atoms with van der Waals surface area (Å²) in [7, 11) is 1.84. The summed E-state index contributed by atoms with van der Waals surface area (Å²) >= 11 is 6.38. The van der Waals surface area contributed by atoms with Crippen LogP contribution < -0.4 is 5.32 Å². The quantitative estimate of drug-likeness (QED) is 0.625. The standard InChI is InChI=1S/C20H18ClN5O3/c1-3-29-20(28)19-16(24-18(27)8-9-22)10-17(21)26(19)15-6-4-13(5-7-15)14-11-23-25(2)12-14/h4-7,10-12H,3,8H2,1-2H3,(H,24,27). The molecule has 0 aliphatic heterocycles. The number of hydrogen-bond donors (Lipinski definition) is 1. The van der Waals surface area contributed by atoms with Crippen molar-refractivity contribution in [1.29, 1.82) is 5.26 Å². The van der Waals surface area contributed by atoms with Gasteiger partial charge < -0.3 is 10.1 Å². The average Bonchev–Trinajstić information content (AvgIpc) is 3.25. The smallest absolute Gasteiger partial charge is 0.357 e. The van der Waals surface area contributed by atoms with Gasteiger partial charge in [0.15, 0.2) is 5.69 Å². The molecule has 9 heteroatoms. The lowest BCUT2D eigenvalue weighted by atomic mass is 10.1. The first-order chi connectivity index (χ1) is 13.9. The molecule has 1 amide bonds. The number of anilines is 1. The molecule has 0 saturated carbocycles. The fraction of sp³-hybridized carbons (Fsp3) is 0.200. The number of carbonyl (C=O) groups is 2. The van der Waals surface area contributed by atoms with Gasteiger partial charge in [-0.3, -0.25) is 14.0 Å². The fourth-order valence-corrected chi connectivity index (χ4v) is 3.16. The zero-order chi connectivity index (χ0) is 21.0. The summed E-state index contributed by atoms with van der Waals surface area (Å²) in [6, 6.07) is 10.6. The highest BCUT2D eigenvalue weighted by molar-refractivity contribution is 6.31. The lowest BCUT2D eigenvalue weighted by Gasteiger charge is -2.12. The molecule has 0 fully saturated rings. The molecule has 0 bridgehead atoms. The van der Waals surface area contributed by atoms with Gasteiger partial charge in [0, 0.05) is 24.5 Å². The molecule has 0 unspecified atom stereocenters. The van der Waals surface area contributed by atoms with Crippen molar-refractivity contribution in [2.75, 3.05) is 11.9 Å². The van der Waals surface area contributed by atoms with Crippen molar-refractivity contribution in [3.8, 4) is 22.9 Å². The molecule has 3 aromatic rings. The number of nitrogens with zero attached hydrogens (tertiary/aromatic N) is 4. The summed E-state index contributed by atoms with van der Waals surface area (Å²) in [5.41, 5.74) is 2.78. The lowest BCUT2D eigenvalue weighted by Crippen LogP contribution is -2.17. The second-order valence-electron chi connectivity index (χ2n) is 6.12. The minimum atomic E-state index is -0.636. The van der Waals surface area contributed by atoms with E-state index in [2.05, 4.69) is 10.4 Å². The van der Waals surface area contributed by atoms with Crippen LogP contribution in [0.2, 0.25) is 5.15 Å². The molecule has 0 saturated heterocycles. The van der Waals surface area contributed by atoms with E-state index in [-0.39, 0.29) is 29.6 Å². The first-order valence-corrected chi connectivity index (χ1v) is 9.17. The number of halogens is 1. The minimum absolute atomic E-state index is 0.0808. The van der Waals surface area contributed by atoms with E-state index in [0.717, 1.165) is 11.1 Å². The number of hydrogen-bond acceptors (Lipinski definition) is 5. The third kappa shape index (κ3) is 4.31. The molecular formula is C20H18ClN5O3. The number of carbonyl (C=O) groups excluding carboxylic acids is 2. The highest BCUT2D eigenvalue weighted by atomic mass is 35.5. The van der Waals surface area contributed by atoms with E-state index >= 15 is 0 Å². The van der Waals surface area contributed by atoms with Crippen molar-refractivity contribution in [2.24, 2.45) is 7.05 Å². The van der Waals surface area contributed by atoms with E-state index in [1.807, 2.05) is 25.4 Å². The molecule has 0 spiro atoms. The van der Waals surface area contributed by atoms with Crippen molar-refractivity contribution in [3.63, 3.8) is 0 Å². The van der Waals surface area contributed by atoms with Crippen LogP contribution in [0.15, 0.2) is 42.7 Å². The van der Waals surface area contributed by atoms with E-state index in [4.69, 9.17) is 21.6 Å². The van der Waals surface area contributed by atoms with Crippen LogP contribution in [0, 0.1) is 11.3 Å². The van der Waals surface area contributed by atoms with E-state index in [1.54, 1.807) is 36.0 Å². The van der Waals surface area contributed by atoms with Crippen LogP contribution in [0.3, 0.4) is 0 Å². The summed E-state index contributed by atoms with van der Waals surface area (Å²) in [5.74, 6) is -1.18. The highest BCUT2D eigenvalue weighted by Gasteiger charge is 2.24. The van der Waals surface area contributed by atoms with Gasteiger partial charge in [-0.1, -0.05) is 23.7 Å². The Morgan fingerprint density at radius 3 is 2.59 bits per heavy atom. The SMILES string of the molecule is CCOC(=O)c1c(NC(=O)CC#N)cc(Cl)n1-c1ccc(-c2cnn(C)c2)cc1. The van der Waals surface area contributed by atoms with E-state index in [0.29, 0.717) is 5.69 Å². The topological polar surface area (TPSA) is 102 Å². The molecule has 0 aliphatic rings. The highest BCUT2D eigenvalue weighted by Crippen LogP contribution is 2.31. The summed E-state index contributed by atoms with van der Waals surface area (Å²) in [6.45, 7) is 1.84. The Morgan fingerprint density at radius 1 is 1.28 bits per heavy atom. The Balaban J connectivity index is 2.03. The van der Waals surface area contributed by atoms with Crippen LogP contribution in [0.1, 0.15) is 23.8 Å². The van der Waals surface area contributed by atoms with E-state index < -0.39 is 11.9 Å². The molecule has 2 heterocycles. The second-order valence-corrected chi connectivity index (χ2v) is 6.51. The second kappa shape index (κ2) is 8.63. The molecule has 148 valence electrons. The molecule has 1 N–H and O–H groups in total. The van der Waals surface area contributed by atoms with Crippen molar-refractivity contribution in [1.82, 2.24) is 14.3 Å². The predicted molar refractivity (Wildman–Crippen MR) is 108 cm³/mol. The Kier molecular flexibility index (Phi) is 6.00. The number of amides is 1. The molecule has 1 aromatic carbocycles. The molecule has 0 aliphatic carbocycles. The van der Waals surface area contributed by atoms with E-state index in [1.165, 1.54) is 10.6 Å².